The predicted octanol–water partition coefficient (Wildman–Crippen LogP) is 2.67. The molecule has 2 fully saturated rings. The third kappa shape index (κ3) is 6.36. The summed E-state index contributed by atoms with van der Waals surface area (Å²) >= 11 is 0. The summed E-state index contributed by atoms with van der Waals surface area (Å²) in [5.41, 5.74) is 1.14. The van der Waals surface area contributed by atoms with Crippen LogP contribution in [-0.4, -0.2) is 60.0 Å². The van der Waals surface area contributed by atoms with E-state index in [9.17, 15) is 4.79 Å². The average Bonchev–Trinajstić information content (AvgIpc) is 2.63. The standard InChI is InChI=1S/C21H34N4O/c1-24(14-19-9-5-11-22-13-19)17-21(26)23-20-10-6-12-25(16-20)15-18-7-3-2-4-8-18/h5,9,11,13,18,20H,2-4,6-8,10,12,14-17H2,1H3,(H,23,26). The van der Waals surface area contributed by atoms with Crippen molar-refractivity contribution < 1.29 is 4.79 Å². The number of rotatable bonds is 7. The zero-order valence-corrected chi connectivity index (χ0v) is 16.2. The Labute approximate surface area is 158 Å². The molecule has 1 saturated heterocycles. The molecule has 1 aliphatic carbocycles. The van der Waals surface area contributed by atoms with Crippen LogP contribution < -0.4 is 5.32 Å². The van der Waals surface area contributed by atoms with Crippen LogP contribution in [0.2, 0.25) is 0 Å². The van der Waals surface area contributed by atoms with Gasteiger partial charge in [-0.2, -0.15) is 0 Å². The summed E-state index contributed by atoms with van der Waals surface area (Å²) in [5.74, 6) is 1.02. The summed E-state index contributed by atoms with van der Waals surface area (Å²) in [4.78, 5) is 21.2. The Bertz CT molecular complexity index is 544. The van der Waals surface area contributed by atoms with Crippen molar-refractivity contribution >= 4 is 5.91 Å². The molecule has 3 rings (SSSR count). The van der Waals surface area contributed by atoms with E-state index < -0.39 is 0 Å². The molecule has 5 heteroatoms. The van der Waals surface area contributed by atoms with E-state index in [1.807, 2.05) is 25.4 Å². The zero-order valence-electron chi connectivity index (χ0n) is 16.2. The highest BCUT2D eigenvalue weighted by atomic mass is 16.2. The molecule has 1 N–H and O–H groups in total. The minimum absolute atomic E-state index is 0.140. The van der Waals surface area contributed by atoms with Gasteiger partial charge in [-0.15, -0.1) is 0 Å². The van der Waals surface area contributed by atoms with Gasteiger partial charge in [0.05, 0.1) is 6.54 Å². The van der Waals surface area contributed by atoms with Crippen LogP contribution in [0.25, 0.3) is 0 Å². The van der Waals surface area contributed by atoms with E-state index in [-0.39, 0.29) is 5.91 Å². The van der Waals surface area contributed by atoms with Crippen molar-refractivity contribution in [1.29, 1.82) is 0 Å². The van der Waals surface area contributed by atoms with Crippen LogP contribution in [0.15, 0.2) is 24.5 Å². The lowest BCUT2D eigenvalue weighted by molar-refractivity contribution is -0.123. The highest BCUT2D eigenvalue weighted by Gasteiger charge is 2.24. The first kappa shape index (κ1) is 19.3. The number of hydrogen-bond acceptors (Lipinski definition) is 4. The van der Waals surface area contributed by atoms with Gasteiger partial charge in [0, 0.05) is 38.1 Å². The number of aromatic nitrogens is 1. The van der Waals surface area contributed by atoms with E-state index in [2.05, 4.69) is 20.1 Å². The first-order valence-corrected chi connectivity index (χ1v) is 10.3. The van der Waals surface area contributed by atoms with Crippen LogP contribution in [0.5, 0.6) is 0 Å². The topological polar surface area (TPSA) is 48.5 Å². The van der Waals surface area contributed by atoms with Crippen LogP contribution in [0, 0.1) is 5.92 Å². The quantitative estimate of drug-likeness (QED) is 0.814. The Balaban J connectivity index is 1.39. The molecule has 5 nitrogen and oxygen atoms in total. The van der Waals surface area contributed by atoms with Gasteiger partial charge in [-0.3, -0.25) is 14.7 Å². The number of pyridine rings is 1. The minimum atomic E-state index is 0.140. The van der Waals surface area contributed by atoms with Crippen molar-refractivity contribution in [2.75, 3.05) is 33.2 Å². The normalized spacial score (nSPS) is 22.5. The molecule has 1 atom stereocenters. The Kier molecular flexibility index (Phi) is 7.44. The van der Waals surface area contributed by atoms with E-state index in [0.29, 0.717) is 12.6 Å². The van der Waals surface area contributed by atoms with Crippen molar-refractivity contribution in [3.8, 4) is 0 Å². The van der Waals surface area contributed by atoms with Gasteiger partial charge in [0.25, 0.3) is 0 Å². The molecule has 0 radical (unpaired) electrons. The Morgan fingerprint density at radius 2 is 2.12 bits per heavy atom. The fraction of sp³-hybridized carbons (Fsp3) is 0.714. The highest BCUT2D eigenvalue weighted by molar-refractivity contribution is 5.78. The highest BCUT2D eigenvalue weighted by Crippen LogP contribution is 2.25. The number of piperidine rings is 1. The first-order chi connectivity index (χ1) is 12.7. The van der Waals surface area contributed by atoms with E-state index in [4.69, 9.17) is 0 Å². The molecule has 1 saturated carbocycles. The number of nitrogens with zero attached hydrogens (tertiary/aromatic N) is 3. The molecule has 1 unspecified atom stereocenters. The van der Waals surface area contributed by atoms with Gasteiger partial charge >= 0.3 is 0 Å². The summed E-state index contributed by atoms with van der Waals surface area (Å²) in [6.45, 7) is 4.64. The second-order valence-electron chi connectivity index (χ2n) is 8.20. The maximum atomic E-state index is 12.4. The molecule has 26 heavy (non-hydrogen) atoms. The van der Waals surface area contributed by atoms with Gasteiger partial charge in [-0.25, -0.2) is 0 Å². The van der Waals surface area contributed by atoms with Gasteiger partial charge in [0.1, 0.15) is 0 Å². The number of carbonyl (C=O) groups excluding carboxylic acids is 1. The summed E-state index contributed by atoms with van der Waals surface area (Å²) in [6.07, 6.45) is 13.0. The molecule has 0 spiro atoms. The van der Waals surface area contributed by atoms with Gasteiger partial charge < -0.3 is 10.2 Å². The lowest BCUT2D eigenvalue weighted by Gasteiger charge is -2.36. The van der Waals surface area contributed by atoms with Crippen LogP contribution >= 0.6 is 0 Å². The van der Waals surface area contributed by atoms with E-state index >= 15 is 0 Å². The summed E-state index contributed by atoms with van der Waals surface area (Å²) < 4.78 is 0. The van der Waals surface area contributed by atoms with Gasteiger partial charge in [-0.1, -0.05) is 25.3 Å². The predicted molar refractivity (Wildman–Crippen MR) is 105 cm³/mol. The van der Waals surface area contributed by atoms with E-state index in [1.54, 1.807) is 6.20 Å². The second kappa shape index (κ2) is 10.0. The van der Waals surface area contributed by atoms with Crippen LogP contribution in [0.1, 0.15) is 50.5 Å². The number of carbonyl (C=O) groups is 1. The van der Waals surface area contributed by atoms with Crippen molar-refractivity contribution in [2.45, 2.75) is 57.5 Å². The molecular weight excluding hydrogens is 324 g/mol. The maximum Gasteiger partial charge on any atom is 0.234 e. The molecule has 1 aliphatic heterocycles. The fourth-order valence-electron chi connectivity index (χ4n) is 4.45. The van der Waals surface area contributed by atoms with Crippen LogP contribution in [0.4, 0.5) is 0 Å². The lowest BCUT2D eigenvalue weighted by Crippen LogP contribution is -2.50. The van der Waals surface area contributed by atoms with Gasteiger partial charge in [0.2, 0.25) is 5.91 Å². The number of nitrogens with one attached hydrogen (secondary N) is 1. The number of hydrogen-bond donors (Lipinski definition) is 1. The third-order valence-electron chi connectivity index (χ3n) is 5.70. The van der Waals surface area contributed by atoms with E-state index in [0.717, 1.165) is 31.0 Å². The molecule has 144 valence electrons. The van der Waals surface area contributed by atoms with E-state index in [1.165, 1.54) is 51.6 Å². The maximum absolute atomic E-state index is 12.4. The first-order valence-electron chi connectivity index (χ1n) is 10.3. The number of likely N-dealkylation sites (tertiary alicyclic amines) is 1. The second-order valence-corrected chi connectivity index (χ2v) is 8.20. The fourth-order valence-corrected chi connectivity index (χ4v) is 4.45. The number of amides is 1. The monoisotopic (exact) mass is 358 g/mol. The molecule has 1 amide bonds. The Morgan fingerprint density at radius 1 is 1.27 bits per heavy atom. The van der Waals surface area contributed by atoms with Gasteiger partial charge in [-0.05, 0) is 56.8 Å². The number of likely N-dealkylation sites (N-methyl/N-ethyl adjacent to an activating group) is 1. The summed E-state index contributed by atoms with van der Waals surface area (Å²) in [6, 6.07) is 4.30. The molecule has 1 aromatic rings. The molecule has 0 aromatic carbocycles. The van der Waals surface area contributed by atoms with Crippen LogP contribution in [-0.2, 0) is 11.3 Å². The molecule has 2 aliphatic rings. The molecular formula is C21H34N4O. The van der Waals surface area contributed by atoms with Crippen LogP contribution in [0.3, 0.4) is 0 Å². The van der Waals surface area contributed by atoms with Crippen molar-refractivity contribution in [2.24, 2.45) is 5.92 Å². The third-order valence-corrected chi connectivity index (χ3v) is 5.70. The van der Waals surface area contributed by atoms with Crippen molar-refractivity contribution in [3.05, 3.63) is 30.1 Å². The molecule has 1 aromatic heterocycles. The Morgan fingerprint density at radius 3 is 2.88 bits per heavy atom. The minimum Gasteiger partial charge on any atom is -0.351 e. The smallest absolute Gasteiger partial charge is 0.234 e. The average molecular weight is 359 g/mol. The summed E-state index contributed by atoms with van der Waals surface area (Å²) in [5, 5.41) is 3.26. The molecule has 2 heterocycles. The summed E-state index contributed by atoms with van der Waals surface area (Å²) in [7, 11) is 1.99. The SMILES string of the molecule is CN(CC(=O)NC1CCCN(CC2CCCCC2)C1)Cc1cccnc1. The van der Waals surface area contributed by atoms with Crippen molar-refractivity contribution in [1.82, 2.24) is 20.1 Å². The van der Waals surface area contributed by atoms with Gasteiger partial charge in [0.15, 0.2) is 0 Å². The molecule has 0 bridgehead atoms. The lowest BCUT2D eigenvalue weighted by atomic mass is 9.88. The Hall–Kier alpha value is -1.46. The van der Waals surface area contributed by atoms with Crippen molar-refractivity contribution in [3.63, 3.8) is 0 Å². The zero-order chi connectivity index (χ0) is 18.2. The largest absolute Gasteiger partial charge is 0.351 e.